The molecule has 1 fully saturated rings. The number of fused-ring (bicyclic) bond motifs is 1. The molecule has 0 amide bonds. The Labute approximate surface area is 188 Å². The highest BCUT2D eigenvalue weighted by atomic mass is 32.2. The standard InChI is InChI=1S/C24H27N3O4S/c1-14-12-15(2)17(4)23(16(14)3)32(30,31)26-20-7-8-21(22-19(20)6-5-10-25-22)27-11-9-18(13-27)24(28)29/h5-8,10,12,18,26H,9,11,13H2,1-4H3,(H,28,29)/t18-/m0/s1. The lowest BCUT2D eigenvalue weighted by atomic mass is 10.0. The second-order valence-electron chi connectivity index (χ2n) is 8.50. The number of aromatic nitrogens is 1. The number of nitrogens with one attached hydrogen (secondary N) is 1. The van der Waals surface area contributed by atoms with Crippen LogP contribution in [0.5, 0.6) is 0 Å². The molecule has 1 saturated heterocycles. The van der Waals surface area contributed by atoms with Crippen molar-refractivity contribution >= 4 is 38.3 Å². The van der Waals surface area contributed by atoms with Gasteiger partial charge in [-0.3, -0.25) is 14.5 Å². The van der Waals surface area contributed by atoms with Crippen molar-refractivity contribution in [3.05, 3.63) is 58.8 Å². The van der Waals surface area contributed by atoms with E-state index in [4.69, 9.17) is 0 Å². The van der Waals surface area contributed by atoms with Crippen LogP contribution in [0.25, 0.3) is 10.9 Å². The molecule has 1 atom stereocenters. The Bertz CT molecular complexity index is 1310. The minimum atomic E-state index is -3.83. The predicted octanol–water partition coefficient (Wildman–Crippen LogP) is 4.18. The summed E-state index contributed by atoms with van der Waals surface area (Å²) in [5, 5.41) is 10.0. The van der Waals surface area contributed by atoms with Crippen LogP contribution < -0.4 is 9.62 Å². The second kappa shape index (κ2) is 8.09. The number of hydrogen-bond acceptors (Lipinski definition) is 5. The highest BCUT2D eigenvalue weighted by Gasteiger charge is 2.30. The van der Waals surface area contributed by atoms with Gasteiger partial charge in [-0.15, -0.1) is 0 Å². The zero-order valence-electron chi connectivity index (χ0n) is 18.6. The van der Waals surface area contributed by atoms with Gasteiger partial charge >= 0.3 is 5.97 Å². The van der Waals surface area contributed by atoms with Gasteiger partial charge in [0.1, 0.15) is 0 Å². The second-order valence-corrected chi connectivity index (χ2v) is 10.1. The molecule has 7 nitrogen and oxygen atoms in total. The smallest absolute Gasteiger partial charge is 0.308 e. The molecule has 8 heteroatoms. The number of carboxylic acids is 1. The van der Waals surface area contributed by atoms with Crippen LogP contribution in [0.1, 0.15) is 28.7 Å². The first-order valence-electron chi connectivity index (χ1n) is 10.6. The maximum Gasteiger partial charge on any atom is 0.308 e. The van der Waals surface area contributed by atoms with Gasteiger partial charge in [0.2, 0.25) is 0 Å². The molecule has 0 unspecified atom stereocenters. The number of benzene rings is 2. The van der Waals surface area contributed by atoms with Crippen molar-refractivity contribution in [1.82, 2.24) is 4.98 Å². The predicted molar refractivity (Wildman–Crippen MR) is 126 cm³/mol. The lowest BCUT2D eigenvalue weighted by Crippen LogP contribution is -2.23. The molecule has 0 aliphatic carbocycles. The van der Waals surface area contributed by atoms with Crippen molar-refractivity contribution in [1.29, 1.82) is 0 Å². The lowest BCUT2D eigenvalue weighted by molar-refractivity contribution is -0.140. The summed E-state index contributed by atoms with van der Waals surface area (Å²) in [6.07, 6.45) is 2.23. The molecule has 1 aromatic heterocycles. The van der Waals surface area contributed by atoms with Crippen molar-refractivity contribution < 1.29 is 18.3 Å². The maximum atomic E-state index is 13.4. The Morgan fingerprint density at radius 2 is 1.81 bits per heavy atom. The molecular weight excluding hydrogens is 426 g/mol. The number of anilines is 2. The van der Waals surface area contributed by atoms with E-state index in [1.807, 2.05) is 50.8 Å². The van der Waals surface area contributed by atoms with Crippen molar-refractivity contribution in [3.8, 4) is 0 Å². The van der Waals surface area contributed by atoms with Crippen LogP contribution in [0.2, 0.25) is 0 Å². The summed E-state index contributed by atoms with van der Waals surface area (Å²) in [6, 6.07) is 9.14. The number of pyridine rings is 1. The van der Waals surface area contributed by atoms with Gasteiger partial charge in [0, 0.05) is 24.7 Å². The van der Waals surface area contributed by atoms with E-state index < -0.39 is 21.9 Å². The molecule has 168 valence electrons. The summed E-state index contributed by atoms with van der Waals surface area (Å²) in [5.74, 6) is -1.21. The molecule has 2 N–H and O–H groups in total. The fraction of sp³-hybridized carbons (Fsp3) is 0.333. The summed E-state index contributed by atoms with van der Waals surface area (Å²) in [5.41, 5.74) is 5.23. The SMILES string of the molecule is Cc1cc(C)c(C)c(S(=O)(=O)Nc2ccc(N3CC[C@H](C(=O)O)C3)c3ncccc23)c1C. The molecule has 2 aromatic carbocycles. The van der Waals surface area contributed by atoms with Gasteiger partial charge < -0.3 is 10.0 Å². The van der Waals surface area contributed by atoms with E-state index in [0.29, 0.717) is 41.0 Å². The van der Waals surface area contributed by atoms with Crippen LogP contribution in [0.3, 0.4) is 0 Å². The molecule has 0 radical (unpaired) electrons. The maximum absolute atomic E-state index is 13.4. The van der Waals surface area contributed by atoms with Gasteiger partial charge in [-0.25, -0.2) is 8.42 Å². The number of aryl methyl sites for hydroxylation is 2. The summed E-state index contributed by atoms with van der Waals surface area (Å²) < 4.78 is 29.7. The molecule has 2 heterocycles. The minimum Gasteiger partial charge on any atom is -0.481 e. The summed E-state index contributed by atoms with van der Waals surface area (Å²) in [7, 11) is -3.83. The first kappa shape index (κ1) is 22.1. The Balaban J connectivity index is 1.77. The van der Waals surface area contributed by atoms with E-state index in [1.165, 1.54) is 0 Å². The van der Waals surface area contributed by atoms with Crippen molar-refractivity contribution in [3.63, 3.8) is 0 Å². The monoisotopic (exact) mass is 453 g/mol. The van der Waals surface area contributed by atoms with Crippen LogP contribution in [-0.4, -0.2) is 37.6 Å². The third-order valence-corrected chi connectivity index (χ3v) is 8.08. The van der Waals surface area contributed by atoms with Gasteiger partial charge in [0.05, 0.1) is 27.7 Å². The van der Waals surface area contributed by atoms with Gasteiger partial charge in [-0.1, -0.05) is 6.07 Å². The van der Waals surface area contributed by atoms with E-state index in [1.54, 1.807) is 18.3 Å². The summed E-state index contributed by atoms with van der Waals surface area (Å²) in [4.78, 5) is 18.2. The first-order chi connectivity index (χ1) is 15.1. The zero-order chi connectivity index (χ0) is 23.2. The third kappa shape index (κ3) is 3.79. The number of hydrogen-bond donors (Lipinski definition) is 2. The number of sulfonamides is 1. The third-order valence-electron chi connectivity index (χ3n) is 6.44. The Hall–Kier alpha value is -3.13. The van der Waals surface area contributed by atoms with E-state index in [2.05, 4.69) is 9.71 Å². The molecule has 0 bridgehead atoms. The first-order valence-corrected chi connectivity index (χ1v) is 12.0. The van der Waals surface area contributed by atoms with Crippen LogP contribution in [-0.2, 0) is 14.8 Å². The number of carbonyl (C=O) groups is 1. The Morgan fingerprint density at radius 1 is 1.12 bits per heavy atom. The molecule has 0 spiro atoms. The average molecular weight is 454 g/mol. The Morgan fingerprint density at radius 3 is 2.44 bits per heavy atom. The van der Waals surface area contributed by atoms with Crippen molar-refractivity contribution in [2.45, 2.75) is 39.0 Å². The van der Waals surface area contributed by atoms with E-state index in [0.717, 1.165) is 27.9 Å². The van der Waals surface area contributed by atoms with E-state index in [9.17, 15) is 18.3 Å². The topological polar surface area (TPSA) is 99.6 Å². The minimum absolute atomic E-state index is 0.306. The molecular formula is C24H27N3O4S. The average Bonchev–Trinajstić information content (AvgIpc) is 3.23. The van der Waals surface area contributed by atoms with Gasteiger partial charge in [0.25, 0.3) is 10.0 Å². The largest absolute Gasteiger partial charge is 0.481 e. The van der Waals surface area contributed by atoms with E-state index in [-0.39, 0.29) is 0 Å². The summed E-state index contributed by atoms with van der Waals surface area (Å²) in [6.45, 7) is 8.50. The van der Waals surface area contributed by atoms with Gasteiger partial charge in [-0.05, 0) is 80.6 Å². The highest BCUT2D eigenvalue weighted by molar-refractivity contribution is 7.92. The zero-order valence-corrected chi connectivity index (χ0v) is 19.5. The highest BCUT2D eigenvalue weighted by Crippen LogP contribution is 2.35. The number of rotatable bonds is 5. The number of aliphatic carboxylic acids is 1. The fourth-order valence-corrected chi connectivity index (χ4v) is 6.16. The summed E-state index contributed by atoms with van der Waals surface area (Å²) >= 11 is 0. The molecule has 32 heavy (non-hydrogen) atoms. The molecule has 1 aliphatic heterocycles. The number of nitrogens with zero attached hydrogens (tertiary/aromatic N) is 2. The fourth-order valence-electron chi connectivity index (χ4n) is 4.46. The van der Waals surface area contributed by atoms with E-state index >= 15 is 0 Å². The number of carboxylic acid groups (broad SMARTS) is 1. The van der Waals surface area contributed by atoms with Crippen molar-refractivity contribution in [2.75, 3.05) is 22.7 Å². The van der Waals surface area contributed by atoms with Crippen LogP contribution in [0.4, 0.5) is 11.4 Å². The van der Waals surface area contributed by atoms with Crippen molar-refractivity contribution in [2.24, 2.45) is 5.92 Å². The lowest BCUT2D eigenvalue weighted by Gasteiger charge is -2.22. The normalized spacial score (nSPS) is 16.5. The Kier molecular flexibility index (Phi) is 5.58. The van der Waals surface area contributed by atoms with Crippen LogP contribution in [0.15, 0.2) is 41.4 Å². The molecule has 1 aliphatic rings. The van der Waals surface area contributed by atoms with Crippen LogP contribution >= 0.6 is 0 Å². The molecule has 3 aromatic rings. The van der Waals surface area contributed by atoms with Crippen LogP contribution in [0, 0.1) is 33.6 Å². The molecule has 0 saturated carbocycles. The molecule has 4 rings (SSSR count). The van der Waals surface area contributed by atoms with Gasteiger partial charge in [-0.2, -0.15) is 0 Å². The van der Waals surface area contributed by atoms with Gasteiger partial charge in [0.15, 0.2) is 0 Å². The quantitative estimate of drug-likeness (QED) is 0.601.